The van der Waals surface area contributed by atoms with Crippen molar-refractivity contribution in [2.75, 3.05) is 44.7 Å². The molecule has 1 aliphatic heterocycles. The van der Waals surface area contributed by atoms with Crippen LogP contribution in [0.3, 0.4) is 0 Å². The number of rotatable bonds is 5. The van der Waals surface area contributed by atoms with Crippen LogP contribution >= 0.6 is 0 Å². The first-order valence-corrected chi connectivity index (χ1v) is 8.51. The van der Waals surface area contributed by atoms with E-state index in [1.165, 1.54) is 11.3 Å². The summed E-state index contributed by atoms with van der Waals surface area (Å²) in [6.45, 7) is 6.65. The summed E-state index contributed by atoms with van der Waals surface area (Å²) < 4.78 is 5.21. The molecule has 1 N–H and O–H groups in total. The number of methoxy groups -OCH3 is 1. The smallest absolute Gasteiger partial charge is 0.119 e. The second kappa shape index (κ2) is 7.69. The Hall–Kier alpha value is -2.04. The predicted molar refractivity (Wildman–Crippen MR) is 97.8 cm³/mol. The molecule has 1 atom stereocenters. The van der Waals surface area contributed by atoms with Crippen LogP contribution in [-0.4, -0.2) is 49.8 Å². The van der Waals surface area contributed by atoms with Crippen molar-refractivity contribution in [1.82, 2.24) is 4.90 Å². The average molecular weight is 326 g/mol. The molecule has 24 heavy (non-hydrogen) atoms. The average Bonchev–Trinajstić information content (AvgIpc) is 2.63. The number of piperazine rings is 1. The van der Waals surface area contributed by atoms with Gasteiger partial charge in [0.25, 0.3) is 0 Å². The van der Waals surface area contributed by atoms with Crippen molar-refractivity contribution in [1.29, 1.82) is 0 Å². The molecule has 0 amide bonds. The summed E-state index contributed by atoms with van der Waals surface area (Å²) in [5.41, 5.74) is 3.45. The quantitative estimate of drug-likeness (QED) is 0.916. The normalized spacial score (nSPS) is 16.9. The van der Waals surface area contributed by atoms with Gasteiger partial charge in [-0.1, -0.05) is 29.8 Å². The Kier molecular flexibility index (Phi) is 5.38. The second-order valence-electron chi connectivity index (χ2n) is 6.41. The van der Waals surface area contributed by atoms with Gasteiger partial charge in [0.1, 0.15) is 5.75 Å². The first-order chi connectivity index (χ1) is 11.7. The summed E-state index contributed by atoms with van der Waals surface area (Å²) >= 11 is 0. The highest BCUT2D eigenvalue weighted by atomic mass is 16.5. The van der Waals surface area contributed by atoms with Crippen LogP contribution in [0, 0.1) is 6.92 Å². The number of aliphatic hydroxyl groups is 1. The number of hydrogen-bond acceptors (Lipinski definition) is 4. The van der Waals surface area contributed by atoms with E-state index in [4.69, 9.17) is 4.74 Å². The number of hydrogen-bond donors (Lipinski definition) is 1. The van der Waals surface area contributed by atoms with E-state index in [0.29, 0.717) is 6.54 Å². The number of β-amino-alcohol motifs (C(OH)–C–C–N with tert-alkyl or cyclic N) is 1. The number of aryl methyl sites for hydroxylation is 1. The van der Waals surface area contributed by atoms with E-state index in [2.05, 4.69) is 41.0 Å². The van der Waals surface area contributed by atoms with Crippen molar-refractivity contribution in [3.8, 4) is 5.75 Å². The largest absolute Gasteiger partial charge is 0.497 e. The molecule has 0 aromatic heterocycles. The van der Waals surface area contributed by atoms with Gasteiger partial charge in [-0.3, -0.25) is 4.90 Å². The molecule has 0 saturated carbocycles. The highest BCUT2D eigenvalue weighted by Crippen LogP contribution is 2.21. The Balaban J connectivity index is 1.52. The Morgan fingerprint density at radius 2 is 1.58 bits per heavy atom. The minimum atomic E-state index is -0.418. The van der Waals surface area contributed by atoms with Crippen LogP contribution in [0.1, 0.15) is 17.2 Å². The van der Waals surface area contributed by atoms with Gasteiger partial charge in [-0.25, -0.2) is 0 Å². The van der Waals surface area contributed by atoms with Crippen molar-refractivity contribution in [2.24, 2.45) is 0 Å². The first-order valence-electron chi connectivity index (χ1n) is 8.51. The number of ether oxygens (including phenoxy) is 1. The van der Waals surface area contributed by atoms with Crippen molar-refractivity contribution >= 4 is 5.69 Å². The Labute approximate surface area is 144 Å². The molecule has 0 spiro atoms. The molecule has 0 radical (unpaired) electrons. The highest BCUT2D eigenvalue weighted by molar-refractivity contribution is 5.49. The predicted octanol–water partition coefficient (Wildman–Crippen LogP) is 2.86. The lowest BCUT2D eigenvalue weighted by Crippen LogP contribution is -2.47. The van der Waals surface area contributed by atoms with Gasteiger partial charge in [0.2, 0.25) is 0 Å². The lowest BCUT2D eigenvalue weighted by Gasteiger charge is -2.37. The van der Waals surface area contributed by atoms with E-state index in [1.807, 2.05) is 24.3 Å². The first kappa shape index (κ1) is 16.8. The summed E-state index contributed by atoms with van der Waals surface area (Å²) in [5, 5.41) is 10.4. The molecule has 1 saturated heterocycles. The second-order valence-corrected chi connectivity index (χ2v) is 6.41. The van der Waals surface area contributed by atoms with E-state index < -0.39 is 6.10 Å². The maximum atomic E-state index is 10.4. The van der Waals surface area contributed by atoms with Gasteiger partial charge < -0.3 is 14.7 Å². The molecule has 1 heterocycles. The number of nitrogens with zero attached hydrogens (tertiary/aromatic N) is 2. The van der Waals surface area contributed by atoms with Gasteiger partial charge in [0.15, 0.2) is 0 Å². The van der Waals surface area contributed by atoms with Gasteiger partial charge in [0.05, 0.1) is 13.2 Å². The van der Waals surface area contributed by atoms with Gasteiger partial charge in [0, 0.05) is 38.4 Å². The molecule has 2 aromatic rings. The standard InChI is InChI=1S/C20H26N2O2/c1-16-3-5-17(6-4-16)20(23)15-21-11-13-22(14-12-21)18-7-9-19(24-2)10-8-18/h3-10,20,23H,11-15H2,1-2H3/t20-/m0/s1. The number of aliphatic hydroxyl groups excluding tert-OH is 1. The third-order valence-electron chi connectivity index (χ3n) is 4.70. The van der Waals surface area contributed by atoms with Crippen LogP contribution in [0.2, 0.25) is 0 Å². The fourth-order valence-corrected chi connectivity index (χ4v) is 3.12. The van der Waals surface area contributed by atoms with Crippen LogP contribution in [0.15, 0.2) is 48.5 Å². The Bertz CT molecular complexity index is 632. The molecule has 1 aliphatic rings. The van der Waals surface area contributed by atoms with Crippen molar-refractivity contribution in [3.63, 3.8) is 0 Å². The summed E-state index contributed by atoms with van der Waals surface area (Å²) in [7, 11) is 1.69. The molecule has 0 bridgehead atoms. The molecule has 2 aromatic carbocycles. The number of anilines is 1. The van der Waals surface area contributed by atoms with Gasteiger partial charge in [-0.05, 0) is 36.8 Å². The van der Waals surface area contributed by atoms with E-state index in [-0.39, 0.29) is 0 Å². The molecule has 4 nitrogen and oxygen atoms in total. The Morgan fingerprint density at radius 3 is 2.17 bits per heavy atom. The number of benzene rings is 2. The van der Waals surface area contributed by atoms with Crippen LogP contribution in [-0.2, 0) is 0 Å². The molecule has 3 rings (SSSR count). The van der Waals surface area contributed by atoms with E-state index in [0.717, 1.165) is 37.5 Å². The van der Waals surface area contributed by atoms with Gasteiger partial charge in [-0.15, -0.1) is 0 Å². The van der Waals surface area contributed by atoms with Crippen molar-refractivity contribution < 1.29 is 9.84 Å². The van der Waals surface area contributed by atoms with Gasteiger partial charge in [-0.2, -0.15) is 0 Å². The monoisotopic (exact) mass is 326 g/mol. The molecule has 1 fully saturated rings. The van der Waals surface area contributed by atoms with Crippen LogP contribution < -0.4 is 9.64 Å². The maximum absolute atomic E-state index is 10.4. The fourth-order valence-electron chi connectivity index (χ4n) is 3.12. The third kappa shape index (κ3) is 4.08. The fraction of sp³-hybridized carbons (Fsp3) is 0.400. The zero-order chi connectivity index (χ0) is 16.9. The third-order valence-corrected chi connectivity index (χ3v) is 4.70. The van der Waals surface area contributed by atoms with Crippen LogP contribution in [0.4, 0.5) is 5.69 Å². The highest BCUT2D eigenvalue weighted by Gasteiger charge is 2.20. The zero-order valence-corrected chi connectivity index (χ0v) is 14.5. The summed E-state index contributed by atoms with van der Waals surface area (Å²) in [5.74, 6) is 0.888. The minimum Gasteiger partial charge on any atom is -0.497 e. The van der Waals surface area contributed by atoms with Crippen LogP contribution in [0.5, 0.6) is 5.75 Å². The minimum absolute atomic E-state index is 0.418. The topological polar surface area (TPSA) is 35.9 Å². The SMILES string of the molecule is COc1ccc(N2CCN(C[C@H](O)c3ccc(C)cc3)CC2)cc1. The molecule has 128 valence electrons. The van der Waals surface area contributed by atoms with Gasteiger partial charge >= 0.3 is 0 Å². The maximum Gasteiger partial charge on any atom is 0.119 e. The van der Waals surface area contributed by atoms with E-state index >= 15 is 0 Å². The van der Waals surface area contributed by atoms with E-state index in [1.54, 1.807) is 7.11 Å². The summed E-state index contributed by atoms with van der Waals surface area (Å²) in [4.78, 5) is 4.72. The molecule has 0 aliphatic carbocycles. The molecule has 4 heteroatoms. The lowest BCUT2D eigenvalue weighted by atomic mass is 10.1. The zero-order valence-electron chi connectivity index (χ0n) is 14.5. The molecular weight excluding hydrogens is 300 g/mol. The summed E-state index contributed by atoms with van der Waals surface area (Å²) in [6.07, 6.45) is -0.418. The van der Waals surface area contributed by atoms with Crippen molar-refractivity contribution in [3.05, 3.63) is 59.7 Å². The molecular formula is C20H26N2O2. The van der Waals surface area contributed by atoms with E-state index in [9.17, 15) is 5.11 Å². The summed E-state index contributed by atoms with van der Waals surface area (Å²) in [6, 6.07) is 16.4. The molecule has 0 unspecified atom stereocenters. The van der Waals surface area contributed by atoms with Crippen molar-refractivity contribution in [2.45, 2.75) is 13.0 Å². The van der Waals surface area contributed by atoms with Crippen LogP contribution in [0.25, 0.3) is 0 Å². The lowest BCUT2D eigenvalue weighted by molar-refractivity contribution is 0.109. The Morgan fingerprint density at radius 1 is 0.958 bits per heavy atom.